The zero-order valence-corrected chi connectivity index (χ0v) is 8.61. The number of hydrogen-bond acceptors (Lipinski definition) is 3. The van der Waals surface area contributed by atoms with Crippen molar-refractivity contribution in [2.75, 3.05) is 5.75 Å². The minimum atomic E-state index is -1.02. The van der Waals surface area contributed by atoms with Gasteiger partial charge in [-0.25, -0.2) is 0 Å². The largest absolute Gasteiger partial charge is 0.481 e. The van der Waals surface area contributed by atoms with Crippen LogP contribution in [0.5, 0.6) is 0 Å². The molecule has 5 heteroatoms. The lowest BCUT2D eigenvalue weighted by Gasteiger charge is -2.10. The van der Waals surface area contributed by atoms with E-state index >= 15 is 0 Å². The van der Waals surface area contributed by atoms with Crippen LogP contribution in [0.15, 0.2) is 30.3 Å². The molecule has 15 heavy (non-hydrogen) atoms. The van der Waals surface area contributed by atoms with Crippen molar-refractivity contribution in [1.29, 1.82) is 0 Å². The molecule has 1 aromatic carbocycles. The van der Waals surface area contributed by atoms with E-state index in [-0.39, 0.29) is 5.75 Å². The number of thioether (sulfide) groups is 1. The summed E-state index contributed by atoms with van der Waals surface area (Å²) in [6, 6.07) is 8.59. The minimum Gasteiger partial charge on any atom is -0.481 e. The van der Waals surface area contributed by atoms with Gasteiger partial charge in [0.25, 0.3) is 0 Å². The van der Waals surface area contributed by atoms with Gasteiger partial charge in [-0.15, -0.1) is 11.8 Å². The van der Waals surface area contributed by atoms with Crippen LogP contribution >= 0.6 is 11.8 Å². The smallest absolute Gasteiger partial charge is 0.321 e. The van der Waals surface area contributed by atoms with E-state index in [0.29, 0.717) is 5.56 Å². The molecule has 1 atom stereocenters. The predicted octanol–water partition coefficient (Wildman–Crippen LogP) is 1.63. The van der Waals surface area contributed by atoms with Crippen molar-refractivity contribution in [1.82, 2.24) is 0 Å². The maximum atomic E-state index is 10.9. The first kappa shape index (κ1) is 11.6. The average Bonchev–Trinajstić information content (AvgIpc) is 2.18. The Morgan fingerprint density at radius 1 is 1.20 bits per heavy atom. The van der Waals surface area contributed by atoms with Crippen molar-refractivity contribution in [3.63, 3.8) is 0 Å². The highest BCUT2D eigenvalue weighted by molar-refractivity contribution is 8.00. The van der Waals surface area contributed by atoms with Gasteiger partial charge in [-0.3, -0.25) is 9.59 Å². The Bertz CT molecular complexity index is 350. The lowest BCUT2D eigenvalue weighted by Crippen LogP contribution is -2.11. The van der Waals surface area contributed by atoms with Gasteiger partial charge in [0.05, 0.1) is 5.75 Å². The monoisotopic (exact) mass is 226 g/mol. The van der Waals surface area contributed by atoms with Gasteiger partial charge in [-0.2, -0.15) is 0 Å². The van der Waals surface area contributed by atoms with Gasteiger partial charge >= 0.3 is 11.9 Å². The zero-order valence-electron chi connectivity index (χ0n) is 7.79. The molecule has 0 bridgehead atoms. The van der Waals surface area contributed by atoms with E-state index in [1.807, 2.05) is 0 Å². The van der Waals surface area contributed by atoms with Crippen LogP contribution in [0.1, 0.15) is 10.8 Å². The van der Waals surface area contributed by atoms with Gasteiger partial charge in [-0.05, 0) is 5.56 Å². The first-order valence-corrected chi connectivity index (χ1v) is 5.27. The van der Waals surface area contributed by atoms with E-state index in [0.717, 1.165) is 11.8 Å². The molecule has 0 unspecified atom stereocenters. The van der Waals surface area contributed by atoms with Gasteiger partial charge in [0, 0.05) is 0 Å². The summed E-state index contributed by atoms with van der Waals surface area (Å²) in [5, 5.41) is 16.6. The Balaban J connectivity index is 2.75. The highest BCUT2D eigenvalue weighted by Gasteiger charge is 2.20. The Kier molecular flexibility index (Phi) is 4.17. The van der Waals surface area contributed by atoms with Crippen LogP contribution in [0.3, 0.4) is 0 Å². The second-order valence-electron chi connectivity index (χ2n) is 2.83. The lowest BCUT2D eigenvalue weighted by molar-refractivity contribution is -0.136. The Morgan fingerprint density at radius 2 is 1.80 bits per heavy atom. The molecular formula is C10H10O4S. The molecule has 0 aliphatic carbocycles. The summed E-state index contributed by atoms with van der Waals surface area (Å²) in [4.78, 5) is 21.2. The molecule has 0 amide bonds. The molecule has 0 aromatic heterocycles. The fourth-order valence-electron chi connectivity index (χ4n) is 1.09. The van der Waals surface area contributed by atoms with Crippen molar-refractivity contribution in [2.24, 2.45) is 0 Å². The highest BCUT2D eigenvalue weighted by Crippen LogP contribution is 2.28. The zero-order chi connectivity index (χ0) is 11.3. The number of carboxylic acids is 2. The first-order chi connectivity index (χ1) is 7.11. The van der Waals surface area contributed by atoms with Crippen LogP contribution in [0.4, 0.5) is 0 Å². The van der Waals surface area contributed by atoms with Crippen LogP contribution in [-0.2, 0) is 9.59 Å². The number of aliphatic carboxylic acids is 2. The third kappa shape index (κ3) is 3.63. The molecule has 2 N–H and O–H groups in total. The summed E-state index contributed by atoms with van der Waals surface area (Å²) in [6.07, 6.45) is 0. The van der Waals surface area contributed by atoms with Crippen LogP contribution in [0.25, 0.3) is 0 Å². The fraction of sp³-hybridized carbons (Fsp3) is 0.200. The quantitative estimate of drug-likeness (QED) is 0.798. The average molecular weight is 226 g/mol. The molecule has 0 saturated heterocycles. The van der Waals surface area contributed by atoms with Gasteiger partial charge in [0.15, 0.2) is 0 Å². The molecule has 1 rings (SSSR count). The molecule has 0 radical (unpaired) electrons. The lowest BCUT2D eigenvalue weighted by atomic mass is 10.1. The van der Waals surface area contributed by atoms with Crippen molar-refractivity contribution in [2.45, 2.75) is 5.25 Å². The van der Waals surface area contributed by atoms with Crippen molar-refractivity contribution in [3.05, 3.63) is 35.9 Å². The molecular weight excluding hydrogens is 216 g/mol. The highest BCUT2D eigenvalue weighted by atomic mass is 32.2. The van der Waals surface area contributed by atoms with Crippen LogP contribution in [-0.4, -0.2) is 27.9 Å². The molecule has 1 aromatic rings. The van der Waals surface area contributed by atoms with Crippen molar-refractivity contribution in [3.8, 4) is 0 Å². The van der Waals surface area contributed by atoms with E-state index in [1.54, 1.807) is 30.3 Å². The summed E-state index contributed by atoms with van der Waals surface area (Å²) in [5.74, 6) is -2.25. The molecule has 0 aliphatic heterocycles. The molecule has 0 saturated carbocycles. The van der Waals surface area contributed by atoms with Crippen LogP contribution in [0, 0.1) is 0 Å². The predicted molar refractivity (Wildman–Crippen MR) is 56.9 cm³/mol. The summed E-state index contributed by atoms with van der Waals surface area (Å²) < 4.78 is 0. The fourth-order valence-corrected chi connectivity index (χ4v) is 1.89. The van der Waals surface area contributed by atoms with E-state index < -0.39 is 17.2 Å². The van der Waals surface area contributed by atoms with Crippen molar-refractivity contribution >= 4 is 23.7 Å². The van der Waals surface area contributed by atoms with Crippen molar-refractivity contribution < 1.29 is 19.8 Å². The normalized spacial score (nSPS) is 12.0. The second kappa shape index (κ2) is 5.41. The molecule has 0 heterocycles. The Hall–Kier alpha value is -1.49. The number of carbonyl (C=O) groups is 2. The van der Waals surface area contributed by atoms with Crippen LogP contribution < -0.4 is 0 Å². The Labute approximate surface area is 90.9 Å². The molecule has 80 valence electrons. The molecule has 4 nitrogen and oxygen atoms in total. The Morgan fingerprint density at radius 3 is 2.27 bits per heavy atom. The number of carboxylic acid groups (broad SMARTS) is 2. The summed E-state index contributed by atoms with van der Waals surface area (Å²) in [7, 11) is 0. The third-order valence-corrected chi connectivity index (χ3v) is 2.92. The van der Waals surface area contributed by atoms with Gasteiger partial charge < -0.3 is 10.2 Å². The SMILES string of the molecule is O=C(O)CS[C@H](C(=O)O)c1ccccc1. The minimum absolute atomic E-state index is 0.216. The van der Waals surface area contributed by atoms with E-state index in [2.05, 4.69) is 0 Å². The topological polar surface area (TPSA) is 74.6 Å². The van der Waals surface area contributed by atoms with E-state index in [9.17, 15) is 9.59 Å². The van der Waals surface area contributed by atoms with Gasteiger partial charge in [0.1, 0.15) is 5.25 Å². The second-order valence-corrected chi connectivity index (χ2v) is 3.93. The molecule has 0 fully saturated rings. The summed E-state index contributed by atoms with van der Waals surface area (Å²) in [6.45, 7) is 0. The van der Waals surface area contributed by atoms with Crippen LogP contribution in [0.2, 0.25) is 0 Å². The maximum Gasteiger partial charge on any atom is 0.321 e. The van der Waals surface area contributed by atoms with E-state index in [1.165, 1.54) is 0 Å². The summed E-state index contributed by atoms with van der Waals surface area (Å²) >= 11 is 0.892. The standard InChI is InChI=1S/C10H10O4S/c11-8(12)6-15-9(10(13)14)7-4-2-1-3-5-7/h1-5,9H,6H2,(H,11,12)(H,13,14)/t9-/m0/s1. The van der Waals surface area contributed by atoms with Gasteiger partial charge in [0.2, 0.25) is 0 Å². The third-order valence-electron chi connectivity index (χ3n) is 1.70. The number of rotatable bonds is 5. The van der Waals surface area contributed by atoms with Gasteiger partial charge in [-0.1, -0.05) is 30.3 Å². The summed E-state index contributed by atoms with van der Waals surface area (Å²) in [5.41, 5.74) is 0.608. The maximum absolute atomic E-state index is 10.9. The first-order valence-electron chi connectivity index (χ1n) is 4.22. The molecule has 0 aliphatic rings. The molecule has 0 spiro atoms. The van der Waals surface area contributed by atoms with E-state index in [4.69, 9.17) is 10.2 Å². The number of hydrogen-bond donors (Lipinski definition) is 2. The number of benzene rings is 1.